The summed E-state index contributed by atoms with van der Waals surface area (Å²) < 4.78 is 29.1. The average molecular weight is 314 g/mol. The zero-order valence-corrected chi connectivity index (χ0v) is 12.3. The lowest BCUT2D eigenvalue weighted by Crippen LogP contribution is -2.40. The first-order chi connectivity index (χ1) is 10.6. The van der Waals surface area contributed by atoms with E-state index in [-0.39, 0.29) is 18.4 Å². The number of alkyl halides is 2. The molecule has 1 aromatic rings. The highest BCUT2D eigenvalue weighted by atomic mass is 19.3. The summed E-state index contributed by atoms with van der Waals surface area (Å²) in [6.45, 7) is 0.645. The highest BCUT2D eigenvalue weighted by molar-refractivity contribution is 5.94. The predicted molar refractivity (Wildman–Crippen MR) is 76.1 cm³/mol. The molecule has 1 aliphatic rings. The number of aliphatic hydroxyl groups is 1. The molecule has 1 unspecified atom stereocenters. The van der Waals surface area contributed by atoms with Crippen LogP contribution >= 0.6 is 0 Å². The Bertz CT molecular complexity index is 497. The Labute approximate surface area is 127 Å². The number of nitrogens with zero attached hydrogens (tertiary/aromatic N) is 2. The Morgan fingerprint density at radius 1 is 1.55 bits per heavy atom. The zero-order chi connectivity index (χ0) is 15.9. The van der Waals surface area contributed by atoms with Crippen LogP contribution in [0.1, 0.15) is 29.6 Å². The molecule has 0 bridgehead atoms. The summed E-state index contributed by atoms with van der Waals surface area (Å²) in [7, 11) is 0. The van der Waals surface area contributed by atoms with Gasteiger partial charge in [0, 0.05) is 37.5 Å². The second kappa shape index (κ2) is 8.03. The summed E-state index contributed by atoms with van der Waals surface area (Å²) in [6.07, 6.45) is 1.38. The first-order valence-corrected chi connectivity index (χ1v) is 7.37. The van der Waals surface area contributed by atoms with Crippen molar-refractivity contribution in [3.05, 3.63) is 23.9 Å². The molecule has 0 spiro atoms. The smallest absolute Gasteiger partial charge is 0.272 e. The molecule has 1 saturated heterocycles. The first kappa shape index (κ1) is 16.6. The molecular weight excluding hydrogens is 294 g/mol. The van der Waals surface area contributed by atoms with Gasteiger partial charge in [0.15, 0.2) is 6.61 Å². The number of amides is 1. The Hall–Kier alpha value is -1.76. The van der Waals surface area contributed by atoms with Gasteiger partial charge in [0.05, 0.1) is 0 Å². The minimum absolute atomic E-state index is 0.0232. The predicted octanol–water partition coefficient (Wildman–Crippen LogP) is 1.96. The van der Waals surface area contributed by atoms with Crippen molar-refractivity contribution >= 4 is 5.91 Å². The van der Waals surface area contributed by atoms with E-state index in [1.807, 2.05) is 0 Å². The highest BCUT2D eigenvalue weighted by Crippen LogP contribution is 2.21. The Morgan fingerprint density at radius 2 is 2.36 bits per heavy atom. The molecule has 0 aromatic carbocycles. The number of carbonyl (C=O) groups is 1. The SMILES string of the molecule is O=C(c1ccnc(OCC(F)F)c1)N1CCCC(CCO)C1. The van der Waals surface area contributed by atoms with Crippen LogP contribution < -0.4 is 4.74 Å². The number of aromatic nitrogens is 1. The Kier molecular flexibility index (Phi) is 6.06. The largest absolute Gasteiger partial charge is 0.472 e. The van der Waals surface area contributed by atoms with Gasteiger partial charge >= 0.3 is 0 Å². The fourth-order valence-electron chi connectivity index (χ4n) is 2.62. The van der Waals surface area contributed by atoms with E-state index < -0.39 is 13.0 Å². The van der Waals surface area contributed by atoms with Crippen molar-refractivity contribution in [2.24, 2.45) is 5.92 Å². The van der Waals surface area contributed by atoms with Gasteiger partial charge in [-0.2, -0.15) is 0 Å². The van der Waals surface area contributed by atoms with Crippen molar-refractivity contribution in [2.75, 3.05) is 26.3 Å². The van der Waals surface area contributed by atoms with Crippen LogP contribution in [-0.2, 0) is 0 Å². The van der Waals surface area contributed by atoms with E-state index in [1.54, 1.807) is 11.0 Å². The van der Waals surface area contributed by atoms with E-state index in [0.29, 0.717) is 31.0 Å². The van der Waals surface area contributed by atoms with E-state index in [9.17, 15) is 13.6 Å². The van der Waals surface area contributed by atoms with E-state index in [0.717, 1.165) is 12.8 Å². The number of hydrogen-bond donors (Lipinski definition) is 1. The molecule has 1 aliphatic heterocycles. The maximum Gasteiger partial charge on any atom is 0.272 e. The summed E-state index contributed by atoms with van der Waals surface area (Å²) in [4.78, 5) is 18.0. The monoisotopic (exact) mass is 314 g/mol. The number of pyridine rings is 1. The number of rotatable bonds is 6. The molecule has 122 valence electrons. The molecular formula is C15H20F2N2O3. The summed E-state index contributed by atoms with van der Waals surface area (Å²) >= 11 is 0. The fourth-order valence-corrected chi connectivity index (χ4v) is 2.62. The topological polar surface area (TPSA) is 62.7 Å². The molecule has 0 saturated carbocycles. The quantitative estimate of drug-likeness (QED) is 0.872. The lowest BCUT2D eigenvalue weighted by Gasteiger charge is -2.32. The Balaban J connectivity index is 2.00. The third-order valence-corrected chi connectivity index (χ3v) is 3.68. The van der Waals surface area contributed by atoms with E-state index >= 15 is 0 Å². The summed E-state index contributed by atoms with van der Waals surface area (Å²) in [5.74, 6) is 0.168. The number of likely N-dealkylation sites (tertiary alicyclic amines) is 1. The van der Waals surface area contributed by atoms with Crippen molar-refractivity contribution in [3.8, 4) is 5.88 Å². The maximum absolute atomic E-state index is 12.5. The standard InChI is InChI=1S/C15H20F2N2O3/c16-13(17)10-22-14-8-12(3-5-18-14)15(21)19-6-1-2-11(9-19)4-7-20/h3,5,8,11,13,20H,1-2,4,6-7,9-10H2. The minimum Gasteiger partial charge on any atom is -0.472 e. The van der Waals surface area contributed by atoms with Crippen LogP contribution in [0.5, 0.6) is 5.88 Å². The molecule has 2 rings (SSSR count). The van der Waals surface area contributed by atoms with Gasteiger partial charge in [-0.1, -0.05) is 0 Å². The number of halogens is 2. The number of hydrogen-bond acceptors (Lipinski definition) is 4. The van der Waals surface area contributed by atoms with Gasteiger partial charge in [-0.3, -0.25) is 4.79 Å². The second-order valence-corrected chi connectivity index (χ2v) is 5.36. The summed E-state index contributed by atoms with van der Waals surface area (Å²) in [5, 5.41) is 9.01. The minimum atomic E-state index is -2.58. The third-order valence-electron chi connectivity index (χ3n) is 3.68. The lowest BCUT2D eigenvalue weighted by molar-refractivity contribution is 0.0651. The van der Waals surface area contributed by atoms with Gasteiger partial charge in [-0.25, -0.2) is 13.8 Å². The number of ether oxygens (including phenoxy) is 1. The fraction of sp³-hybridized carbons (Fsp3) is 0.600. The average Bonchev–Trinajstić information content (AvgIpc) is 2.53. The third kappa shape index (κ3) is 4.62. The second-order valence-electron chi connectivity index (χ2n) is 5.36. The van der Waals surface area contributed by atoms with Gasteiger partial charge < -0.3 is 14.7 Å². The van der Waals surface area contributed by atoms with Crippen LogP contribution in [0.4, 0.5) is 8.78 Å². The van der Waals surface area contributed by atoms with Crippen molar-refractivity contribution in [2.45, 2.75) is 25.7 Å². The van der Waals surface area contributed by atoms with Crippen LogP contribution in [0.15, 0.2) is 18.3 Å². The van der Waals surface area contributed by atoms with Gasteiger partial charge in [0.25, 0.3) is 12.3 Å². The van der Waals surface area contributed by atoms with Crippen molar-refractivity contribution in [1.29, 1.82) is 0 Å². The molecule has 0 radical (unpaired) electrons. The molecule has 7 heteroatoms. The molecule has 0 aliphatic carbocycles. The molecule has 1 N–H and O–H groups in total. The lowest BCUT2D eigenvalue weighted by atomic mass is 9.95. The van der Waals surface area contributed by atoms with E-state index in [1.165, 1.54) is 12.3 Å². The van der Waals surface area contributed by atoms with E-state index in [4.69, 9.17) is 9.84 Å². The van der Waals surface area contributed by atoms with Crippen molar-refractivity contribution < 1.29 is 23.4 Å². The molecule has 5 nitrogen and oxygen atoms in total. The van der Waals surface area contributed by atoms with Gasteiger partial charge in [0.1, 0.15) is 0 Å². The van der Waals surface area contributed by atoms with Crippen LogP contribution in [0.25, 0.3) is 0 Å². The highest BCUT2D eigenvalue weighted by Gasteiger charge is 2.24. The normalized spacial score (nSPS) is 18.5. The molecule has 2 heterocycles. The molecule has 1 aromatic heterocycles. The number of carbonyl (C=O) groups excluding carboxylic acids is 1. The van der Waals surface area contributed by atoms with Crippen molar-refractivity contribution in [1.82, 2.24) is 9.88 Å². The van der Waals surface area contributed by atoms with E-state index in [2.05, 4.69) is 4.98 Å². The van der Waals surface area contributed by atoms with Gasteiger partial charge in [-0.15, -0.1) is 0 Å². The number of piperidine rings is 1. The summed E-state index contributed by atoms with van der Waals surface area (Å²) in [6, 6.07) is 2.94. The molecule has 1 fully saturated rings. The van der Waals surface area contributed by atoms with Crippen LogP contribution in [0.3, 0.4) is 0 Å². The maximum atomic E-state index is 12.5. The zero-order valence-electron chi connectivity index (χ0n) is 12.3. The molecule has 1 atom stereocenters. The van der Waals surface area contributed by atoms with Crippen LogP contribution in [-0.4, -0.2) is 53.6 Å². The first-order valence-electron chi connectivity index (χ1n) is 7.37. The van der Waals surface area contributed by atoms with Crippen molar-refractivity contribution in [3.63, 3.8) is 0 Å². The molecule has 1 amide bonds. The van der Waals surface area contributed by atoms with Gasteiger partial charge in [-0.05, 0) is 31.2 Å². The molecule has 22 heavy (non-hydrogen) atoms. The summed E-state index contributed by atoms with van der Waals surface area (Å²) in [5.41, 5.74) is 0.379. The Morgan fingerprint density at radius 3 is 3.09 bits per heavy atom. The van der Waals surface area contributed by atoms with Crippen LogP contribution in [0, 0.1) is 5.92 Å². The van der Waals surface area contributed by atoms with Crippen LogP contribution in [0.2, 0.25) is 0 Å². The van der Waals surface area contributed by atoms with Gasteiger partial charge in [0.2, 0.25) is 5.88 Å². The number of aliphatic hydroxyl groups excluding tert-OH is 1.